The number of hydrazine groups is 1. The number of ether oxygens (including phenoxy) is 1. The Bertz CT molecular complexity index is 1060. The molecule has 0 aromatic heterocycles. The zero-order chi connectivity index (χ0) is 24.4. The first-order valence-electron chi connectivity index (χ1n) is 10.2. The van der Waals surface area contributed by atoms with Crippen molar-refractivity contribution in [2.24, 2.45) is 11.6 Å². The van der Waals surface area contributed by atoms with Gasteiger partial charge in [0, 0.05) is 21.7 Å². The number of nitrogens with two attached hydrogens (primary N) is 2. The summed E-state index contributed by atoms with van der Waals surface area (Å²) in [4.78, 5) is 24.6. The van der Waals surface area contributed by atoms with Gasteiger partial charge in [-0.3, -0.25) is 9.59 Å². The Labute approximate surface area is 194 Å². The summed E-state index contributed by atoms with van der Waals surface area (Å²) in [5, 5.41) is 15.7. The van der Waals surface area contributed by atoms with Crippen LogP contribution in [0.25, 0.3) is 0 Å². The van der Waals surface area contributed by atoms with Crippen LogP contribution in [0.15, 0.2) is 54.4 Å². The Hall–Kier alpha value is -4.10. The molecule has 0 saturated heterocycles. The summed E-state index contributed by atoms with van der Waals surface area (Å²) < 4.78 is 18.3. The number of amides is 2. The van der Waals surface area contributed by atoms with E-state index in [1.807, 2.05) is 25.1 Å². The maximum absolute atomic E-state index is 13.3. The Morgan fingerprint density at radius 1 is 1.30 bits per heavy atom. The van der Waals surface area contributed by atoms with Gasteiger partial charge in [0.15, 0.2) is 0 Å². The Kier molecular flexibility index (Phi) is 9.20. The molecule has 0 radical (unpaired) electrons. The van der Waals surface area contributed by atoms with Crippen molar-refractivity contribution in [3.8, 4) is 11.8 Å². The molecule has 0 saturated carbocycles. The van der Waals surface area contributed by atoms with Crippen LogP contribution in [0.4, 0.5) is 4.39 Å². The molecule has 10 heteroatoms. The van der Waals surface area contributed by atoms with Crippen LogP contribution in [0.1, 0.15) is 37.3 Å². The van der Waals surface area contributed by atoms with Gasteiger partial charge in [0.1, 0.15) is 23.3 Å². The van der Waals surface area contributed by atoms with Crippen LogP contribution in [0.5, 0.6) is 5.75 Å². The van der Waals surface area contributed by atoms with E-state index in [0.29, 0.717) is 5.56 Å². The monoisotopic (exact) mass is 458 g/mol. The fraction of sp³-hybridized carbons (Fsp3) is 0.261. The van der Waals surface area contributed by atoms with E-state index in [2.05, 4.69) is 10.6 Å². The van der Waals surface area contributed by atoms with E-state index in [1.54, 1.807) is 12.1 Å². The van der Waals surface area contributed by atoms with Gasteiger partial charge in [-0.25, -0.2) is 10.2 Å². The molecule has 0 heterocycles. The first-order valence-corrected chi connectivity index (χ1v) is 10.2. The second-order valence-corrected chi connectivity index (χ2v) is 7.05. The number of nitrogens with one attached hydrogen (secondary N) is 2. The number of carbonyl (C=O) groups excluding carboxylic acids is 2. The van der Waals surface area contributed by atoms with E-state index >= 15 is 0 Å². The minimum atomic E-state index is -0.869. The number of hydrogen-bond acceptors (Lipinski definition) is 7. The van der Waals surface area contributed by atoms with Gasteiger partial charge in [-0.1, -0.05) is 31.2 Å². The summed E-state index contributed by atoms with van der Waals surface area (Å²) in [6.07, 6.45) is 2.07. The SMILES string of the molecule is CCc1ccc(C(C#N)NC(=O)/C(N)=C/N(N)CCNC(=O)c2ccc(F)cc2OC)cc1.[HH].[HH]. The number of halogens is 1. The molecule has 0 aliphatic carbocycles. The van der Waals surface area contributed by atoms with Crippen molar-refractivity contribution in [2.45, 2.75) is 19.4 Å². The van der Waals surface area contributed by atoms with Gasteiger partial charge in [-0.2, -0.15) is 5.26 Å². The lowest BCUT2D eigenvalue weighted by Crippen LogP contribution is -2.38. The number of rotatable bonds is 10. The number of benzene rings is 2. The Balaban J connectivity index is 0.00000578. The molecule has 0 fully saturated rings. The molecule has 6 N–H and O–H groups in total. The quantitative estimate of drug-likeness (QED) is 0.242. The molecule has 0 spiro atoms. The fourth-order valence-electron chi connectivity index (χ4n) is 2.90. The lowest BCUT2D eigenvalue weighted by atomic mass is 10.0. The number of methoxy groups -OCH3 is 1. The Morgan fingerprint density at radius 2 is 2.00 bits per heavy atom. The molecular formula is C23H31FN6O3. The molecular weight excluding hydrogens is 427 g/mol. The van der Waals surface area contributed by atoms with Crippen molar-refractivity contribution >= 4 is 11.8 Å². The number of nitrogens with zero attached hydrogens (tertiary/aromatic N) is 2. The highest BCUT2D eigenvalue weighted by Crippen LogP contribution is 2.19. The summed E-state index contributed by atoms with van der Waals surface area (Å²) in [6, 6.07) is 12.1. The molecule has 1 atom stereocenters. The second kappa shape index (κ2) is 12.1. The van der Waals surface area contributed by atoms with Gasteiger partial charge in [0.05, 0.1) is 25.3 Å². The van der Waals surface area contributed by atoms with Crippen molar-refractivity contribution in [1.82, 2.24) is 15.6 Å². The lowest BCUT2D eigenvalue weighted by molar-refractivity contribution is -0.118. The topological polar surface area (TPSA) is 146 Å². The van der Waals surface area contributed by atoms with E-state index in [-0.39, 0.29) is 33.0 Å². The van der Waals surface area contributed by atoms with Crippen LogP contribution in [0.2, 0.25) is 0 Å². The van der Waals surface area contributed by atoms with E-state index in [4.69, 9.17) is 16.3 Å². The Morgan fingerprint density at radius 3 is 2.61 bits per heavy atom. The predicted molar refractivity (Wildman–Crippen MR) is 125 cm³/mol. The standard InChI is InChI=1S/C23H27FN6O3.2H2/c1-3-15-4-6-16(7-5-15)20(13-25)29-23(32)19(26)14-30(27)11-10-28-22(31)18-9-8-17(24)12-21(18)33-2;;/h4-9,12,14,20H,3,10-11,26-27H2,1-2H3,(H,28,31)(H,29,32);2*1H/b19-14-;;. The third-order valence-corrected chi connectivity index (χ3v) is 4.76. The van der Waals surface area contributed by atoms with Crippen molar-refractivity contribution in [3.63, 3.8) is 0 Å². The minimum absolute atomic E-state index is 0. The number of carbonyl (C=O) groups is 2. The zero-order valence-electron chi connectivity index (χ0n) is 18.5. The molecule has 1 unspecified atom stereocenters. The summed E-state index contributed by atoms with van der Waals surface area (Å²) in [6.45, 7) is 2.27. The summed E-state index contributed by atoms with van der Waals surface area (Å²) in [5.41, 5.74) is 7.53. The maximum Gasteiger partial charge on any atom is 0.270 e. The highest BCUT2D eigenvalue weighted by molar-refractivity contribution is 5.97. The highest BCUT2D eigenvalue weighted by Gasteiger charge is 2.16. The molecule has 33 heavy (non-hydrogen) atoms. The van der Waals surface area contributed by atoms with Crippen molar-refractivity contribution in [3.05, 3.63) is 76.9 Å². The van der Waals surface area contributed by atoms with Gasteiger partial charge in [0.25, 0.3) is 11.8 Å². The summed E-state index contributed by atoms with van der Waals surface area (Å²) >= 11 is 0. The molecule has 0 bridgehead atoms. The molecule has 2 aromatic carbocycles. The minimum Gasteiger partial charge on any atom is -0.496 e. The molecule has 0 aliphatic rings. The third kappa shape index (κ3) is 7.22. The molecule has 2 rings (SSSR count). The van der Waals surface area contributed by atoms with Crippen molar-refractivity contribution in [1.29, 1.82) is 5.26 Å². The zero-order valence-corrected chi connectivity index (χ0v) is 18.5. The molecule has 9 nitrogen and oxygen atoms in total. The second-order valence-electron chi connectivity index (χ2n) is 7.05. The van der Waals surface area contributed by atoms with Crippen LogP contribution in [-0.4, -0.2) is 37.0 Å². The van der Waals surface area contributed by atoms with Gasteiger partial charge in [-0.05, 0) is 29.7 Å². The van der Waals surface area contributed by atoms with Crippen LogP contribution in [0.3, 0.4) is 0 Å². The molecule has 2 aromatic rings. The molecule has 0 aliphatic heterocycles. The first-order chi connectivity index (χ1) is 15.8. The average molecular weight is 459 g/mol. The molecule has 178 valence electrons. The summed E-state index contributed by atoms with van der Waals surface area (Å²) in [7, 11) is 1.34. The van der Waals surface area contributed by atoms with Crippen LogP contribution >= 0.6 is 0 Å². The smallest absolute Gasteiger partial charge is 0.270 e. The van der Waals surface area contributed by atoms with Crippen LogP contribution in [-0.2, 0) is 11.2 Å². The fourth-order valence-corrected chi connectivity index (χ4v) is 2.90. The van der Waals surface area contributed by atoms with E-state index in [1.165, 1.54) is 19.4 Å². The molecule has 2 amide bonds. The van der Waals surface area contributed by atoms with E-state index in [9.17, 15) is 19.2 Å². The van der Waals surface area contributed by atoms with Crippen molar-refractivity contribution in [2.75, 3.05) is 20.2 Å². The predicted octanol–water partition coefficient (Wildman–Crippen LogP) is 1.98. The van der Waals surface area contributed by atoms with Gasteiger partial charge >= 0.3 is 0 Å². The van der Waals surface area contributed by atoms with E-state index < -0.39 is 23.7 Å². The van der Waals surface area contributed by atoms with Gasteiger partial charge in [-0.15, -0.1) is 0 Å². The first kappa shape index (κ1) is 25.2. The average Bonchev–Trinajstić information content (AvgIpc) is 2.82. The number of aryl methyl sites for hydroxylation is 1. The maximum atomic E-state index is 13.3. The largest absolute Gasteiger partial charge is 0.496 e. The normalized spacial score (nSPS) is 11.8. The van der Waals surface area contributed by atoms with Gasteiger partial charge in [0.2, 0.25) is 0 Å². The van der Waals surface area contributed by atoms with Crippen molar-refractivity contribution < 1.29 is 21.6 Å². The highest BCUT2D eigenvalue weighted by atomic mass is 19.1. The number of hydrogen-bond donors (Lipinski definition) is 4. The third-order valence-electron chi connectivity index (χ3n) is 4.76. The number of nitriles is 1. The van der Waals surface area contributed by atoms with Gasteiger partial charge < -0.3 is 26.1 Å². The van der Waals surface area contributed by atoms with Crippen LogP contribution < -0.4 is 26.9 Å². The van der Waals surface area contributed by atoms with Crippen LogP contribution in [0, 0.1) is 17.1 Å². The summed E-state index contributed by atoms with van der Waals surface area (Å²) in [5.74, 6) is 4.28. The van der Waals surface area contributed by atoms with E-state index in [0.717, 1.165) is 29.1 Å². The lowest BCUT2D eigenvalue weighted by Gasteiger charge is -2.17.